The first-order valence-electron chi connectivity index (χ1n) is 5.44. The van der Waals surface area contributed by atoms with Crippen molar-refractivity contribution in [2.45, 2.75) is 45.4 Å². The zero-order chi connectivity index (χ0) is 14.3. The first-order chi connectivity index (χ1) is 8.17. The number of rotatable bonds is 5. The summed E-state index contributed by atoms with van der Waals surface area (Å²) >= 11 is 0. The van der Waals surface area contributed by atoms with E-state index in [4.69, 9.17) is 21.0 Å². The number of alkyl carbamates (subject to hydrolysis) is 1. The number of aliphatic carboxylic acids is 1. The fourth-order valence-corrected chi connectivity index (χ4v) is 1.09. The number of carbonyl (C=O) groups excluding carboxylic acids is 1. The Balaban J connectivity index is 4.50. The number of carboxylic acid groups (broad SMARTS) is 1. The van der Waals surface area contributed by atoms with E-state index in [0.717, 1.165) is 0 Å². The fraction of sp³-hybridized carbons (Fsp3) is 0.667. The van der Waals surface area contributed by atoms with Crippen LogP contribution < -0.4 is 5.32 Å². The molecule has 102 valence electrons. The van der Waals surface area contributed by atoms with Crippen LogP contribution in [0, 0.1) is 12.3 Å². The Bertz CT molecular complexity index is 339. The summed E-state index contributed by atoms with van der Waals surface area (Å²) in [6.07, 6.45) is 3.43. The number of hydrogen-bond acceptors (Lipinski definition) is 4. The van der Waals surface area contributed by atoms with Gasteiger partial charge in [0.1, 0.15) is 12.2 Å². The van der Waals surface area contributed by atoms with Crippen LogP contribution in [0.15, 0.2) is 0 Å². The lowest BCUT2D eigenvalue weighted by molar-refractivity contribution is -0.143. The first kappa shape index (κ1) is 16.3. The lowest BCUT2D eigenvalue weighted by Crippen LogP contribution is -2.50. The van der Waals surface area contributed by atoms with E-state index >= 15 is 0 Å². The Morgan fingerprint density at radius 3 is 2.39 bits per heavy atom. The molecule has 0 aromatic rings. The van der Waals surface area contributed by atoms with Gasteiger partial charge in [0.2, 0.25) is 0 Å². The van der Waals surface area contributed by atoms with E-state index in [2.05, 4.69) is 11.2 Å². The molecule has 2 atom stereocenters. The van der Waals surface area contributed by atoms with E-state index in [0.29, 0.717) is 0 Å². The zero-order valence-corrected chi connectivity index (χ0v) is 11.0. The molecule has 6 nitrogen and oxygen atoms in total. The van der Waals surface area contributed by atoms with Gasteiger partial charge in [-0.2, -0.15) is 0 Å². The molecular formula is C12H19NO5. The van der Waals surface area contributed by atoms with Gasteiger partial charge >= 0.3 is 12.1 Å². The van der Waals surface area contributed by atoms with Gasteiger partial charge in [-0.25, -0.2) is 9.59 Å². The molecule has 0 aliphatic heterocycles. The predicted octanol–water partition coefficient (Wildman–Crippen LogP) is 1.00. The van der Waals surface area contributed by atoms with Crippen LogP contribution in [0.25, 0.3) is 0 Å². The fourth-order valence-electron chi connectivity index (χ4n) is 1.09. The smallest absolute Gasteiger partial charge is 0.408 e. The van der Waals surface area contributed by atoms with Crippen molar-refractivity contribution in [3.8, 4) is 12.3 Å². The quantitative estimate of drug-likeness (QED) is 0.718. The number of ether oxygens (including phenoxy) is 2. The molecule has 2 N–H and O–H groups in total. The molecule has 0 saturated carbocycles. The van der Waals surface area contributed by atoms with Crippen LogP contribution in [0.2, 0.25) is 0 Å². The predicted molar refractivity (Wildman–Crippen MR) is 65.0 cm³/mol. The van der Waals surface area contributed by atoms with Crippen LogP contribution >= 0.6 is 0 Å². The van der Waals surface area contributed by atoms with Crippen LogP contribution in [0.4, 0.5) is 4.79 Å². The molecule has 0 aromatic carbocycles. The van der Waals surface area contributed by atoms with Gasteiger partial charge in [-0.3, -0.25) is 0 Å². The SMILES string of the molecule is C#CCOC(C)C(NC(=O)OC(C)(C)C)C(=O)O. The van der Waals surface area contributed by atoms with Gasteiger partial charge in [-0.05, 0) is 27.7 Å². The summed E-state index contributed by atoms with van der Waals surface area (Å²) in [5.74, 6) is 1.01. The zero-order valence-electron chi connectivity index (χ0n) is 11.0. The summed E-state index contributed by atoms with van der Waals surface area (Å²) in [7, 11) is 0. The van der Waals surface area contributed by atoms with E-state index in [1.807, 2.05) is 0 Å². The van der Waals surface area contributed by atoms with Gasteiger partial charge in [0, 0.05) is 0 Å². The third-order valence-corrected chi connectivity index (χ3v) is 1.84. The Morgan fingerprint density at radius 2 is 2.00 bits per heavy atom. The minimum atomic E-state index is -1.22. The second kappa shape index (κ2) is 6.87. The van der Waals surface area contributed by atoms with Crippen molar-refractivity contribution in [2.24, 2.45) is 0 Å². The van der Waals surface area contributed by atoms with Crippen LogP contribution in [-0.4, -0.2) is 41.5 Å². The van der Waals surface area contributed by atoms with Gasteiger partial charge in [-0.1, -0.05) is 5.92 Å². The highest BCUT2D eigenvalue weighted by Crippen LogP contribution is 2.08. The number of nitrogens with one attached hydrogen (secondary N) is 1. The first-order valence-corrected chi connectivity index (χ1v) is 5.44. The topological polar surface area (TPSA) is 84.9 Å². The van der Waals surface area contributed by atoms with Crippen molar-refractivity contribution >= 4 is 12.1 Å². The Labute approximate surface area is 107 Å². The van der Waals surface area contributed by atoms with E-state index in [-0.39, 0.29) is 6.61 Å². The molecule has 0 radical (unpaired) electrons. The van der Waals surface area contributed by atoms with Gasteiger partial charge in [0.05, 0.1) is 6.10 Å². The highest BCUT2D eigenvalue weighted by atomic mass is 16.6. The molecule has 0 aromatic heterocycles. The summed E-state index contributed by atoms with van der Waals surface area (Å²) in [5.41, 5.74) is -0.698. The van der Waals surface area contributed by atoms with Gasteiger partial charge in [-0.15, -0.1) is 6.42 Å². The van der Waals surface area contributed by atoms with Crippen LogP contribution in [-0.2, 0) is 14.3 Å². The van der Waals surface area contributed by atoms with Crippen molar-refractivity contribution in [1.82, 2.24) is 5.32 Å². The minimum absolute atomic E-state index is 0.0268. The highest BCUT2D eigenvalue weighted by Gasteiger charge is 2.29. The second-order valence-electron chi connectivity index (χ2n) is 4.68. The molecule has 6 heteroatoms. The molecule has 2 unspecified atom stereocenters. The summed E-state index contributed by atoms with van der Waals surface area (Å²) < 4.78 is 10.0. The molecule has 0 spiro atoms. The number of carbonyl (C=O) groups is 2. The summed E-state index contributed by atoms with van der Waals surface area (Å²) in [6.45, 7) is 6.52. The second-order valence-corrected chi connectivity index (χ2v) is 4.68. The lowest BCUT2D eigenvalue weighted by atomic mass is 10.2. The van der Waals surface area contributed by atoms with Crippen LogP contribution in [0.5, 0.6) is 0 Å². The maximum absolute atomic E-state index is 11.5. The van der Waals surface area contributed by atoms with Crippen molar-refractivity contribution < 1.29 is 24.2 Å². The number of hydrogen-bond donors (Lipinski definition) is 2. The largest absolute Gasteiger partial charge is 0.480 e. The van der Waals surface area contributed by atoms with E-state index in [1.54, 1.807) is 20.8 Å². The molecular weight excluding hydrogens is 238 g/mol. The third kappa shape index (κ3) is 6.76. The maximum atomic E-state index is 11.5. The molecule has 0 aliphatic rings. The normalized spacial score (nSPS) is 14.2. The average Bonchev–Trinajstić information content (AvgIpc) is 2.19. The summed E-state index contributed by atoms with van der Waals surface area (Å²) in [4.78, 5) is 22.5. The van der Waals surface area contributed by atoms with Crippen LogP contribution in [0.3, 0.4) is 0 Å². The van der Waals surface area contributed by atoms with Gasteiger partial charge in [0.15, 0.2) is 6.04 Å². The van der Waals surface area contributed by atoms with E-state index < -0.39 is 29.8 Å². The molecule has 0 aliphatic carbocycles. The highest BCUT2D eigenvalue weighted by molar-refractivity contribution is 5.80. The molecule has 0 fully saturated rings. The van der Waals surface area contributed by atoms with Crippen molar-refractivity contribution in [1.29, 1.82) is 0 Å². The van der Waals surface area contributed by atoms with Gasteiger partial charge in [0.25, 0.3) is 0 Å². The van der Waals surface area contributed by atoms with Gasteiger partial charge < -0.3 is 19.9 Å². The molecule has 0 bridgehead atoms. The lowest BCUT2D eigenvalue weighted by Gasteiger charge is -2.24. The Kier molecular flexibility index (Phi) is 6.20. The number of terminal acetylenes is 1. The number of carboxylic acids is 1. The Morgan fingerprint density at radius 1 is 1.44 bits per heavy atom. The maximum Gasteiger partial charge on any atom is 0.408 e. The monoisotopic (exact) mass is 257 g/mol. The molecule has 18 heavy (non-hydrogen) atoms. The van der Waals surface area contributed by atoms with Crippen molar-refractivity contribution in [3.63, 3.8) is 0 Å². The standard InChI is InChI=1S/C12H19NO5/c1-6-7-17-8(2)9(10(14)15)13-11(16)18-12(3,4)5/h1,8-9H,7H2,2-5H3,(H,13,16)(H,14,15). The molecule has 1 amide bonds. The number of amides is 1. The third-order valence-electron chi connectivity index (χ3n) is 1.84. The summed E-state index contributed by atoms with van der Waals surface area (Å²) in [6, 6.07) is -1.21. The van der Waals surface area contributed by atoms with E-state index in [1.165, 1.54) is 6.92 Å². The average molecular weight is 257 g/mol. The van der Waals surface area contributed by atoms with E-state index in [9.17, 15) is 9.59 Å². The summed E-state index contributed by atoms with van der Waals surface area (Å²) in [5, 5.41) is 11.2. The molecule has 0 saturated heterocycles. The Hall–Kier alpha value is -1.74. The van der Waals surface area contributed by atoms with Crippen molar-refractivity contribution in [3.05, 3.63) is 0 Å². The molecule has 0 heterocycles. The van der Waals surface area contributed by atoms with Crippen molar-refractivity contribution in [2.75, 3.05) is 6.61 Å². The van der Waals surface area contributed by atoms with Crippen LogP contribution in [0.1, 0.15) is 27.7 Å². The minimum Gasteiger partial charge on any atom is -0.480 e. The molecule has 0 rings (SSSR count).